The Kier molecular flexibility index (Phi) is 7.39. The quantitative estimate of drug-likeness (QED) is 0.762. The lowest BCUT2D eigenvalue weighted by atomic mass is 10.1. The predicted molar refractivity (Wildman–Crippen MR) is 84.0 cm³/mol. The first-order valence-electron chi connectivity index (χ1n) is 7.07. The van der Waals surface area contributed by atoms with Crippen molar-refractivity contribution in [3.8, 4) is 0 Å². The summed E-state index contributed by atoms with van der Waals surface area (Å²) in [5.41, 5.74) is 7.09. The van der Waals surface area contributed by atoms with E-state index >= 15 is 0 Å². The molecule has 0 radical (unpaired) electrons. The van der Waals surface area contributed by atoms with Crippen LogP contribution in [-0.4, -0.2) is 13.1 Å². The van der Waals surface area contributed by atoms with Gasteiger partial charge in [0.1, 0.15) is 0 Å². The Balaban J connectivity index is 2.97. The van der Waals surface area contributed by atoms with Crippen molar-refractivity contribution in [2.45, 2.75) is 46.1 Å². The third-order valence-corrected chi connectivity index (χ3v) is 4.12. The van der Waals surface area contributed by atoms with Gasteiger partial charge in [-0.15, -0.1) is 0 Å². The molecule has 0 aromatic heterocycles. The number of unbranched alkanes of at least 4 members (excludes halogenated alkanes) is 2. The molecule has 1 aromatic rings. The lowest BCUT2D eigenvalue weighted by Crippen LogP contribution is -2.26. The van der Waals surface area contributed by atoms with E-state index in [1.54, 1.807) is 0 Å². The topological polar surface area (TPSA) is 29.3 Å². The fraction of sp³-hybridized carbons (Fsp3) is 0.600. The summed E-state index contributed by atoms with van der Waals surface area (Å²) in [5.74, 6) is -0.185. The van der Waals surface area contributed by atoms with E-state index < -0.39 is 0 Å². The number of halogens is 2. The van der Waals surface area contributed by atoms with Crippen LogP contribution < -0.4 is 10.6 Å². The summed E-state index contributed by atoms with van der Waals surface area (Å²) >= 11 is 3.31. The highest BCUT2D eigenvalue weighted by atomic mass is 79.9. The highest BCUT2D eigenvalue weighted by Gasteiger charge is 2.15. The molecule has 2 nitrogen and oxygen atoms in total. The molecule has 0 saturated heterocycles. The first kappa shape index (κ1) is 16.4. The van der Waals surface area contributed by atoms with Crippen LogP contribution in [0.25, 0.3) is 0 Å². The Bertz CT molecular complexity index is 388. The maximum absolute atomic E-state index is 14.4. The van der Waals surface area contributed by atoms with Crippen LogP contribution in [-0.2, 0) is 6.54 Å². The minimum absolute atomic E-state index is 0.185. The number of rotatable bonds is 8. The van der Waals surface area contributed by atoms with Crippen LogP contribution in [0.4, 0.5) is 10.1 Å². The number of nitrogens with two attached hydrogens (primary N) is 1. The smallest absolute Gasteiger partial charge is 0.160 e. The molecular weight excluding hydrogens is 307 g/mol. The minimum atomic E-state index is -0.185. The monoisotopic (exact) mass is 330 g/mol. The molecule has 1 aromatic carbocycles. The molecule has 1 rings (SSSR count). The largest absolute Gasteiger partial charge is 0.369 e. The van der Waals surface area contributed by atoms with E-state index in [1.807, 2.05) is 12.1 Å². The van der Waals surface area contributed by atoms with E-state index in [0.29, 0.717) is 16.7 Å². The predicted octanol–water partition coefficient (Wildman–Crippen LogP) is 4.45. The lowest BCUT2D eigenvalue weighted by molar-refractivity contribution is 0.597. The average Bonchev–Trinajstić information content (AvgIpc) is 2.43. The van der Waals surface area contributed by atoms with Gasteiger partial charge in [-0.1, -0.05) is 32.8 Å². The second-order valence-electron chi connectivity index (χ2n) is 4.77. The van der Waals surface area contributed by atoms with E-state index in [0.717, 1.165) is 44.3 Å². The van der Waals surface area contributed by atoms with E-state index in [-0.39, 0.29) is 5.82 Å². The Morgan fingerprint density at radius 2 is 1.74 bits per heavy atom. The van der Waals surface area contributed by atoms with Crippen LogP contribution in [0.1, 0.15) is 45.1 Å². The highest BCUT2D eigenvalue weighted by Crippen LogP contribution is 2.29. The van der Waals surface area contributed by atoms with E-state index in [2.05, 4.69) is 34.7 Å². The molecule has 108 valence electrons. The first-order valence-corrected chi connectivity index (χ1v) is 7.86. The van der Waals surface area contributed by atoms with Crippen LogP contribution >= 0.6 is 15.9 Å². The van der Waals surface area contributed by atoms with Crippen LogP contribution in [0.15, 0.2) is 16.6 Å². The summed E-state index contributed by atoms with van der Waals surface area (Å²) < 4.78 is 14.9. The van der Waals surface area contributed by atoms with Gasteiger partial charge < -0.3 is 10.6 Å². The van der Waals surface area contributed by atoms with Crippen molar-refractivity contribution >= 4 is 21.6 Å². The number of benzene rings is 1. The van der Waals surface area contributed by atoms with Crippen molar-refractivity contribution < 1.29 is 4.39 Å². The Hall–Kier alpha value is -0.610. The Morgan fingerprint density at radius 3 is 2.21 bits per heavy atom. The van der Waals surface area contributed by atoms with Crippen LogP contribution in [0, 0.1) is 5.82 Å². The van der Waals surface area contributed by atoms with Gasteiger partial charge in [-0.05, 0) is 40.4 Å². The third-order valence-electron chi connectivity index (χ3n) is 3.27. The van der Waals surface area contributed by atoms with E-state index in [1.165, 1.54) is 0 Å². The summed E-state index contributed by atoms with van der Waals surface area (Å²) in [6, 6.07) is 3.76. The Morgan fingerprint density at radius 1 is 1.16 bits per heavy atom. The molecule has 0 aliphatic carbocycles. The molecule has 0 spiro atoms. The van der Waals surface area contributed by atoms with Crippen LogP contribution in [0.2, 0.25) is 0 Å². The molecule has 0 heterocycles. The molecular formula is C15H24BrFN2. The molecule has 0 unspecified atom stereocenters. The summed E-state index contributed by atoms with van der Waals surface area (Å²) in [5, 5.41) is 0. The van der Waals surface area contributed by atoms with Gasteiger partial charge in [-0.3, -0.25) is 0 Å². The van der Waals surface area contributed by atoms with Crippen molar-refractivity contribution in [2.24, 2.45) is 5.73 Å². The van der Waals surface area contributed by atoms with Gasteiger partial charge >= 0.3 is 0 Å². The molecule has 0 atom stereocenters. The van der Waals surface area contributed by atoms with Gasteiger partial charge in [-0.25, -0.2) is 4.39 Å². The molecule has 4 heteroatoms. The van der Waals surface area contributed by atoms with Gasteiger partial charge in [0, 0.05) is 19.6 Å². The molecule has 0 saturated carbocycles. The second-order valence-corrected chi connectivity index (χ2v) is 5.56. The summed E-state index contributed by atoms with van der Waals surface area (Å²) in [6.45, 7) is 6.47. The average molecular weight is 331 g/mol. The summed E-state index contributed by atoms with van der Waals surface area (Å²) in [7, 11) is 0. The van der Waals surface area contributed by atoms with E-state index in [9.17, 15) is 4.39 Å². The van der Waals surface area contributed by atoms with Crippen molar-refractivity contribution in [2.75, 3.05) is 18.0 Å². The minimum Gasteiger partial charge on any atom is -0.369 e. The lowest BCUT2D eigenvalue weighted by Gasteiger charge is -2.26. The van der Waals surface area contributed by atoms with Crippen molar-refractivity contribution in [3.05, 3.63) is 28.0 Å². The van der Waals surface area contributed by atoms with Crippen molar-refractivity contribution in [3.63, 3.8) is 0 Å². The molecule has 0 bridgehead atoms. The van der Waals surface area contributed by atoms with Gasteiger partial charge in [0.25, 0.3) is 0 Å². The third kappa shape index (κ3) is 4.46. The van der Waals surface area contributed by atoms with Crippen LogP contribution in [0.5, 0.6) is 0 Å². The highest BCUT2D eigenvalue weighted by molar-refractivity contribution is 9.10. The standard InChI is InChI=1S/C15H24BrFN2/c1-3-5-9-19(10-6-4-2)13-8-7-12(11-18)14(16)15(13)17/h7-8H,3-6,9-11,18H2,1-2H3. The number of hydrogen-bond acceptors (Lipinski definition) is 2. The molecule has 2 N–H and O–H groups in total. The summed E-state index contributed by atoms with van der Waals surface area (Å²) in [6.07, 6.45) is 4.40. The van der Waals surface area contributed by atoms with Crippen LogP contribution in [0.3, 0.4) is 0 Å². The molecule has 19 heavy (non-hydrogen) atoms. The SMILES string of the molecule is CCCCN(CCCC)c1ccc(CN)c(Br)c1F. The molecule has 0 fully saturated rings. The van der Waals surface area contributed by atoms with Gasteiger partial charge in [-0.2, -0.15) is 0 Å². The summed E-state index contributed by atoms with van der Waals surface area (Å²) in [4.78, 5) is 2.15. The Labute approximate surface area is 124 Å². The zero-order valence-corrected chi connectivity index (χ0v) is 13.5. The fourth-order valence-corrected chi connectivity index (χ4v) is 2.53. The number of anilines is 1. The maximum Gasteiger partial charge on any atom is 0.160 e. The zero-order chi connectivity index (χ0) is 14.3. The second kappa shape index (κ2) is 8.54. The van der Waals surface area contributed by atoms with Crippen molar-refractivity contribution in [1.82, 2.24) is 0 Å². The zero-order valence-electron chi connectivity index (χ0n) is 11.9. The van der Waals surface area contributed by atoms with Gasteiger partial charge in [0.2, 0.25) is 0 Å². The normalized spacial score (nSPS) is 10.8. The van der Waals surface area contributed by atoms with Crippen molar-refractivity contribution in [1.29, 1.82) is 0 Å². The molecule has 0 aliphatic heterocycles. The first-order chi connectivity index (χ1) is 9.15. The maximum atomic E-state index is 14.4. The molecule has 0 aliphatic rings. The number of hydrogen-bond donors (Lipinski definition) is 1. The van der Waals surface area contributed by atoms with Gasteiger partial charge in [0.15, 0.2) is 5.82 Å². The van der Waals surface area contributed by atoms with Gasteiger partial charge in [0.05, 0.1) is 10.2 Å². The molecule has 0 amide bonds. The fourth-order valence-electron chi connectivity index (χ4n) is 2.03. The van der Waals surface area contributed by atoms with E-state index in [4.69, 9.17) is 5.73 Å². The number of nitrogens with zero attached hydrogens (tertiary/aromatic N) is 1.